The molecule has 1 aliphatic rings. The second kappa shape index (κ2) is 7.28. The number of halogens is 1. The van der Waals surface area contributed by atoms with Crippen LogP contribution in [-0.2, 0) is 10.3 Å². The minimum absolute atomic E-state index is 0.144. The van der Waals surface area contributed by atoms with Gasteiger partial charge in [-0.2, -0.15) is 0 Å². The van der Waals surface area contributed by atoms with E-state index in [0.717, 1.165) is 37.9 Å². The normalized spacial score (nSPS) is 19.7. The van der Waals surface area contributed by atoms with Crippen LogP contribution in [0.1, 0.15) is 51.0 Å². The number of nitrogens with zero attached hydrogens (tertiary/aromatic N) is 1. The third kappa shape index (κ3) is 3.78. The molecule has 4 heteroatoms. The molecule has 1 aromatic rings. The predicted molar refractivity (Wildman–Crippen MR) is 85.7 cm³/mol. The molecule has 0 aromatic heterocycles. The number of hydrogen-bond donors (Lipinski definition) is 1. The summed E-state index contributed by atoms with van der Waals surface area (Å²) in [6, 6.07) is 7.70. The SMILES string of the molecule is CCC(CC(=O)O)(c1ccc(Cl)cc1)N1CCCCCC1. The Kier molecular flexibility index (Phi) is 5.65. The molecule has 0 saturated carbocycles. The molecule has 116 valence electrons. The first kappa shape index (κ1) is 16.3. The first-order valence-electron chi connectivity index (χ1n) is 7.81. The first-order valence-corrected chi connectivity index (χ1v) is 8.19. The highest BCUT2D eigenvalue weighted by Crippen LogP contribution is 2.37. The van der Waals surface area contributed by atoms with Gasteiger partial charge < -0.3 is 5.11 Å². The van der Waals surface area contributed by atoms with E-state index in [0.29, 0.717) is 5.02 Å². The Balaban J connectivity index is 2.40. The zero-order valence-corrected chi connectivity index (χ0v) is 13.4. The summed E-state index contributed by atoms with van der Waals surface area (Å²) >= 11 is 5.99. The number of likely N-dealkylation sites (tertiary alicyclic amines) is 1. The van der Waals surface area contributed by atoms with Crippen LogP contribution in [0.15, 0.2) is 24.3 Å². The van der Waals surface area contributed by atoms with E-state index in [2.05, 4.69) is 11.8 Å². The monoisotopic (exact) mass is 309 g/mol. The van der Waals surface area contributed by atoms with Crippen molar-refractivity contribution in [2.24, 2.45) is 0 Å². The van der Waals surface area contributed by atoms with Gasteiger partial charge in [0.05, 0.1) is 12.0 Å². The molecule has 1 aliphatic heterocycles. The van der Waals surface area contributed by atoms with E-state index < -0.39 is 11.5 Å². The summed E-state index contributed by atoms with van der Waals surface area (Å²) in [5.41, 5.74) is 0.652. The molecule has 1 fully saturated rings. The molecule has 1 saturated heterocycles. The van der Waals surface area contributed by atoms with E-state index in [4.69, 9.17) is 11.6 Å². The molecule has 1 atom stereocenters. The second-order valence-electron chi connectivity index (χ2n) is 5.86. The van der Waals surface area contributed by atoms with Gasteiger partial charge in [-0.15, -0.1) is 0 Å². The standard InChI is InChI=1S/C17H24ClNO2/c1-2-17(13-16(20)21,14-7-9-15(18)10-8-14)19-11-5-3-4-6-12-19/h7-10H,2-6,11-13H2,1H3,(H,20,21). The summed E-state index contributed by atoms with van der Waals surface area (Å²) in [6.07, 6.45) is 5.71. The first-order chi connectivity index (χ1) is 10.1. The Labute approximate surface area is 131 Å². The van der Waals surface area contributed by atoms with Gasteiger partial charge >= 0.3 is 5.97 Å². The van der Waals surface area contributed by atoms with Crippen molar-refractivity contribution in [2.45, 2.75) is 51.0 Å². The fourth-order valence-corrected chi connectivity index (χ4v) is 3.58. The molecule has 0 bridgehead atoms. The van der Waals surface area contributed by atoms with Crippen molar-refractivity contribution < 1.29 is 9.90 Å². The van der Waals surface area contributed by atoms with Gasteiger partial charge in [-0.05, 0) is 50.0 Å². The lowest BCUT2D eigenvalue weighted by Crippen LogP contribution is -2.47. The summed E-state index contributed by atoms with van der Waals surface area (Å²) in [5.74, 6) is -0.740. The molecule has 2 rings (SSSR count). The van der Waals surface area contributed by atoms with Crippen LogP contribution in [0.4, 0.5) is 0 Å². The van der Waals surface area contributed by atoms with Crippen LogP contribution in [0.5, 0.6) is 0 Å². The van der Waals surface area contributed by atoms with Crippen LogP contribution in [0.2, 0.25) is 5.02 Å². The largest absolute Gasteiger partial charge is 0.481 e. The van der Waals surface area contributed by atoms with Gasteiger partial charge in [0.15, 0.2) is 0 Å². The minimum Gasteiger partial charge on any atom is -0.481 e. The van der Waals surface area contributed by atoms with Crippen molar-refractivity contribution >= 4 is 17.6 Å². The van der Waals surface area contributed by atoms with Gasteiger partial charge in [-0.25, -0.2) is 0 Å². The number of carbonyl (C=O) groups is 1. The van der Waals surface area contributed by atoms with E-state index in [1.165, 1.54) is 12.8 Å². The fourth-order valence-electron chi connectivity index (χ4n) is 3.46. The summed E-state index contributed by atoms with van der Waals surface area (Å²) in [7, 11) is 0. The van der Waals surface area contributed by atoms with Gasteiger partial charge in [0, 0.05) is 5.02 Å². The van der Waals surface area contributed by atoms with Gasteiger partial charge in [0.25, 0.3) is 0 Å². The lowest BCUT2D eigenvalue weighted by molar-refractivity contribution is -0.141. The van der Waals surface area contributed by atoms with Crippen molar-refractivity contribution in [1.82, 2.24) is 4.90 Å². The molecular formula is C17H24ClNO2. The Bertz CT molecular complexity index is 466. The Morgan fingerprint density at radius 2 is 1.76 bits per heavy atom. The summed E-state index contributed by atoms with van der Waals surface area (Å²) in [5, 5.41) is 10.1. The van der Waals surface area contributed by atoms with Gasteiger partial charge in [0.2, 0.25) is 0 Å². The maximum absolute atomic E-state index is 11.5. The highest BCUT2D eigenvalue weighted by Gasteiger charge is 2.39. The number of benzene rings is 1. The Hall–Kier alpha value is -1.06. The average Bonchev–Trinajstić information content (AvgIpc) is 2.75. The molecule has 0 radical (unpaired) electrons. The molecule has 21 heavy (non-hydrogen) atoms. The molecule has 1 N–H and O–H groups in total. The van der Waals surface area contributed by atoms with E-state index in [-0.39, 0.29) is 6.42 Å². The molecule has 1 heterocycles. The zero-order chi connectivity index (χ0) is 15.3. The van der Waals surface area contributed by atoms with Crippen LogP contribution in [0, 0.1) is 0 Å². The maximum Gasteiger partial charge on any atom is 0.305 e. The number of carboxylic acids is 1. The molecule has 0 spiro atoms. The highest BCUT2D eigenvalue weighted by molar-refractivity contribution is 6.30. The summed E-state index contributed by atoms with van der Waals surface area (Å²) in [4.78, 5) is 13.9. The lowest BCUT2D eigenvalue weighted by Gasteiger charge is -2.43. The number of aliphatic carboxylic acids is 1. The molecule has 0 amide bonds. The van der Waals surface area contributed by atoms with Crippen molar-refractivity contribution in [2.75, 3.05) is 13.1 Å². The van der Waals surface area contributed by atoms with Gasteiger partial charge in [-0.1, -0.05) is 43.5 Å². The predicted octanol–water partition coefficient (Wildman–Crippen LogP) is 4.30. The average molecular weight is 310 g/mol. The third-order valence-corrected chi connectivity index (χ3v) is 4.87. The quantitative estimate of drug-likeness (QED) is 0.881. The van der Waals surface area contributed by atoms with E-state index in [9.17, 15) is 9.90 Å². The number of carboxylic acid groups (broad SMARTS) is 1. The van der Waals surface area contributed by atoms with Crippen LogP contribution in [-0.4, -0.2) is 29.1 Å². The van der Waals surface area contributed by atoms with Crippen molar-refractivity contribution in [3.05, 3.63) is 34.9 Å². The maximum atomic E-state index is 11.5. The third-order valence-electron chi connectivity index (χ3n) is 4.62. The Morgan fingerprint density at radius 1 is 1.19 bits per heavy atom. The highest BCUT2D eigenvalue weighted by atomic mass is 35.5. The minimum atomic E-state index is -0.740. The van der Waals surface area contributed by atoms with Crippen LogP contribution in [0.3, 0.4) is 0 Å². The van der Waals surface area contributed by atoms with E-state index in [1.807, 2.05) is 24.3 Å². The number of hydrogen-bond acceptors (Lipinski definition) is 2. The summed E-state index contributed by atoms with van der Waals surface area (Å²) in [6.45, 7) is 4.04. The smallest absolute Gasteiger partial charge is 0.305 e. The lowest BCUT2D eigenvalue weighted by atomic mass is 9.82. The fraction of sp³-hybridized carbons (Fsp3) is 0.588. The van der Waals surface area contributed by atoms with E-state index >= 15 is 0 Å². The van der Waals surface area contributed by atoms with Crippen molar-refractivity contribution in [1.29, 1.82) is 0 Å². The van der Waals surface area contributed by atoms with Gasteiger partial charge in [-0.3, -0.25) is 9.69 Å². The van der Waals surface area contributed by atoms with Gasteiger partial charge in [0.1, 0.15) is 0 Å². The Morgan fingerprint density at radius 3 is 2.24 bits per heavy atom. The van der Waals surface area contributed by atoms with Crippen molar-refractivity contribution in [3.63, 3.8) is 0 Å². The molecule has 1 aromatic carbocycles. The summed E-state index contributed by atoms with van der Waals surface area (Å²) < 4.78 is 0. The molecular weight excluding hydrogens is 286 g/mol. The number of rotatable bonds is 5. The second-order valence-corrected chi connectivity index (χ2v) is 6.30. The van der Waals surface area contributed by atoms with Crippen LogP contribution < -0.4 is 0 Å². The molecule has 3 nitrogen and oxygen atoms in total. The van der Waals surface area contributed by atoms with Crippen LogP contribution >= 0.6 is 11.6 Å². The topological polar surface area (TPSA) is 40.5 Å². The van der Waals surface area contributed by atoms with E-state index in [1.54, 1.807) is 0 Å². The van der Waals surface area contributed by atoms with Crippen molar-refractivity contribution in [3.8, 4) is 0 Å². The molecule has 1 unspecified atom stereocenters. The molecule has 0 aliphatic carbocycles. The zero-order valence-electron chi connectivity index (χ0n) is 12.6. The van der Waals surface area contributed by atoms with Crippen LogP contribution in [0.25, 0.3) is 0 Å².